The highest BCUT2D eigenvalue weighted by atomic mass is 16.6. The summed E-state index contributed by atoms with van der Waals surface area (Å²) in [5, 5.41) is 0. The Bertz CT molecular complexity index is 629. The predicted octanol–water partition coefficient (Wildman–Crippen LogP) is 2.45. The van der Waals surface area contributed by atoms with Crippen molar-refractivity contribution in [3.63, 3.8) is 0 Å². The number of ether oxygens (including phenoxy) is 4. The SMILES string of the molecule is CC1(C)COC(=O)/C=C/C=C/C(=O)OCC(C)(C)COC(=O)/C=C/C=C/C(=O)OC1. The summed E-state index contributed by atoms with van der Waals surface area (Å²) >= 11 is 0. The largest absolute Gasteiger partial charge is 0.462 e. The van der Waals surface area contributed by atoms with Gasteiger partial charge in [-0.25, -0.2) is 19.2 Å². The molecular weight excluding hydrogens is 392 g/mol. The van der Waals surface area contributed by atoms with Crippen LogP contribution in [0.3, 0.4) is 0 Å². The van der Waals surface area contributed by atoms with Gasteiger partial charge in [0.05, 0.1) is 26.4 Å². The molecule has 0 aliphatic carbocycles. The van der Waals surface area contributed by atoms with Crippen molar-refractivity contribution in [2.24, 2.45) is 10.8 Å². The summed E-state index contributed by atoms with van der Waals surface area (Å²) < 4.78 is 20.5. The lowest BCUT2D eigenvalue weighted by Crippen LogP contribution is -2.28. The van der Waals surface area contributed by atoms with Crippen LogP contribution >= 0.6 is 0 Å². The van der Waals surface area contributed by atoms with E-state index in [0.29, 0.717) is 0 Å². The van der Waals surface area contributed by atoms with Crippen LogP contribution in [0.15, 0.2) is 48.6 Å². The number of hydrogen-bond donors (Lipinski definition) is 0. The molecule has 1 rings (SSSR count). The number of rotatable bonds is 0. The van der Waals surface area contributed by atoms with E-state index in [0.717, 1.165) is 24.3 Å². The molecule has 0 saturated carbocycles. The molecule has 8 heteroatoms. The molecule has 0 radical (unpaired) electrons. The molecule has 0 amide bonds. The summed E-state index contributed by atoms with van der Waals surface area (Å²) in [5.74, 6) is -2.38. The molecule has 0 N–H and O–H groups in total. The molecule has 1 heterocycles. The van der Waals surface area contributed by atoms with Gasteiger partial charge >= 0.3 is 23.9 Å². The predicted molar refractivity (Wildman–Crippen MR) is 108 cm³/mol. The lowest BCUT2D eigenvalue weighted by molar-refractivity contribution is -0.148. The normalized spacial score (nSPS) is 25.7. The maximum Gasteiger partial charge on any atom is 0.330 e. The van der Waals surface area contributed by atoms with Crippen LogP contribution in [0, 0.1) is 10.8 Å². The fourth-order valence-corrected chi connectivity index (χ4v) is 1.88. The van der Waals surface area contributed by atoms with E-state index in [-0.39, 0.29) is 26.4 Å². The van der Waals surface area contributed by atoms with Gasteiger partial charge < -0.3 is 18.9 Å². The van der Waals surface area contributed by atoms with E-state index >= 15 is 0 Å². The molecule has 164 valence electrons. The second kappa shape index (κ2) is 11.7. The fourth-order valence-electron chi connectivity index (χ4n) is 1.88. The van der Waals surface area contributed by atoms with Crippen LogP contribution in [-0.2, 0) is 38.1 Å². The first-order valence-corrected chi connectivity index (χ1v) is 9.36. The average molecular weight is 420 g/mol. The van der Waals surface area contributed by atoms with Gasteiger partial charge in [0.2, 0.25) is 0 Å². The summed E-state index contributed by atoms with van der Waals surface area (Å²) in [6.45, 7) is 7.19. The minimum Gasteiger partial charge on any atom is -0.462 e. The van der Waals surface area contributed by atoms with E-state index in [1.54, 1.807) is 27.7 Å². The highest BCUT2D eigenvalue weighted by molar-refractivity contribution is 5.85. The van der Waals surface area contributed by atoms with Gasteiger partial charge in [-0.3, -0.25) is 0 Å². The molecule has 0 aromatic rings. The third-order valence-corrected chi connectivity index (χ3v) is 3.57. The van der Waals surface area contributed by atoms with Crippen molar-refractivity contribution >= 4 is 23.9 Å². The summed E-state index contributed by atoms with van der Waals surface area (Å²) in [5.41, 5.74) is -1.20. The minimum atomic E-state index is -0.601. The van der Waals surface area contributed by atoms with Gasteiger partial charge in [0.15, 0.2) is 0 Å². The Balaban J connectivity index is 2.84. The maximum atomic E-state index is 11.7. The maximum absolute atomic E-state index is 11.7. The molecule has 0 bridgehead atoms. The molecule has 30 heavy (non-hydrogen) atoms. The van der Waals surface area contributed by atoms with Crippen molar-refractivity contribution in [3.8, 4) is 0 Å². The number of cyclic esters (lactones) is 4. The molecule has 0 unspecified atom stereocenters. The van der Waals surface area contributed by atoms with Crippen molar-refractivity contribution in [2.45, 2.75) is 27.7 Å². The van der Waals surface area contributed by atoms with E-state index in [1.165, 1.54) is 24.3 Å². The molecule has 0 atom stereocenters. The van der Waals surface area contributed by atoms with E-state index < -0.39 is 34.7 Å². The van der Waals surface area contributed by atoms with Crippen molar-refractivity contribution in [2.75, 3.05) is 26.4 Å². The van der Waals surface area contributed by atoms with Crippen LogP contribution in [0.4, 0.5) is 0 Å². The third kappa shape index (κ3) is 11.6. The Hall–Kier alpha value is -3.16. The summed E-state index contributed by atoms with van der Waals surface area (Å²) in [4.78, 5) is 47.0. The van der Waals surface area contributed by atoms with Crippen LogP contribution < -0.4 is 0 Å². The van der Waals surface area contributed by atoms with Crippen molar-refractivity contribution in [3.05, 3.63) is 48.6 Å². The topological polar surface area (TPSA) is 105 Å². The van der Waals surface area contributed by atoms with Crippen LogP contribution in [0.5, 0.6) is 0 Å². The Morgan fingerprint density at radius 3 is 0.900 bits per heavy atom. The zero-order valence-electron chi connectivity index (χ0n) is 17.7. The second-order valence-electron chi connectivity index (χ2n) is 8.20. The monoisotopic (exact) mass is 420 g/mol. The zero-order valence-corrected chi connectivity index (χ0v) is 17.7. The Morgan fingerprint density at radius 1 is 0.500 bits per heavy atom. The van der Waals surface area contributed by atoms with E-state index in [4.69, 9.17) is 18.9 Å². The quantitative estimate of drug-likeness (QED) is 0.435. The number of hydrogen-bond acceptors (Lipinski definition) is 8. The minimum absolute atomic E-state index is 0.0275. The molecular formula is C22H28O8. The highest BCUT2D eigenvalue weighted by Crippen LogP contribution is 2.17. The standard InChI is InChI=1S/C22H28O8/c1-21(2)13-27-17(23)9-5-7-11-19(25)29-15-22(3,4)16-30-20(26)12-8-6-10-18(24)28-14-21/h5-12H,13-16H2,1-4H3/b9-5+,10-6+,11-7+,12-8+. The fraction of sp³-hybridized carbons (Fsp3) is 0.455. The Kier molecular flexibility index (Phi) is 9.74. The van der Waals surface area contributed by atoms with Crippen LogP contribution in [0.1, 0.15) is 27.7 Å². The lowest BCUT2D eigenvalue weighted by atomic mass is 9.96. The first kappa shape index (κ1) is 24.9. The smallest absolute Gasteiger partial charge is 0.330 e. The summed E-state index contributed by atoms with van der Waals surface area (Å²) in [6, 6.07) is 0. The van der Waals surface area contributed by atoms with E-state index in [2.05, 4.69) is 0 Å². The van der Waals surface area contributed by atoms with Gasteiger partial charge in [-0.2, -0.15) is 0 Å². The summed E-state index contributed by atoms with van der Waals surface area (Å²) in [7, 11) is 0. The van der Waals surface area contributed by atoms with Crippen molar-refractivity contribution in [1.29, 1.82) is 0 Å². The lowest BCUT2D eigenvalue weighted by Gasteiger charge is -2.23. The molecule has 0 spiro atoms. The molecule has 0 aromatic heterocycles. The van der Waals surface area contributed by atoms with Gasteiger partial charge in [0.25, 0.3) is 0 Å². The van der Waals surface area contributed by atoms with Crippen LogP contribution in [0.25, 0.3) is 0 Å². The molecule has 1 aliphatic rings. The van der Waals surface area contributed by atoms with Gasteiger partial charge in [0, 0.05) is 35.1 Å². The van der Waals surface area contributed by atoms with Crippen molar-refractivity contribution in [1.82, 2.24) is 0 Å². The third-order valence-electron chi connectivity index (χ3n) is 3.57. The second-order valence-corrected chi connectivity index (χ2v) is 8.20. The number of carbonyl (C=O) groups is 4. The first-order chi connectivity index (χ1) is 14.0. The highest BCUT2D eigenvalue weighted by Gasteiger charge is 2.23. The van der Waals surface area contributed by atoms with E-state index in [1.807, 2.05) is 0 Å². The molecule has 1 aliphatic heterocycles. The molecule has 0 aromatic carbocycles. The average Bonchev–Trinajstić information content (AvgIpc) is 2.68. The van der Waals surface area contributed by atoms with Gasteiger partial charge in [0.1, 0.15) is 0 Å². The molecule has 0 fully saturated rings. The van der Waals surface area contributed by atoms with Crippen molar-refractivity contribution < 1.29 is 38.1 Å². The zero-order chi connectivity index (χ0) is 22.6. The van der Waals surface area contributed by atoms with Crippen LogP contribution in [0.2, 0.25) is 0 Å². The van der Waals surface area contributed by atoms with Gasteiger partial charge in [-0.15, -0.1) is 0 Å². The first-order valence-electron chi connectivity index (χ1n) is 9.36. The van der Waals surface area contributed by atoms with E-state index in [9.17, 15) is 19.2 Å². The molecule has 0 saturated heterocycles. The summed E-state index contributed by atoms with van der Waals surface area (Å²) in [6.07, 6.45) is 10.1. The Labute approximate surface area is 176 Å². The number of carbonyl (C=O) groups excluding carboxylic acids is 4. The molecule has 8 nitrogen and oxygen atoms in total. The number of esters is 4. The van der Waals surface area contributed by atoms with Crippen LogP contribution in [-0.4, -0.2) is 50.3 Å². The number of allylic oxidation sites excluding steroid dienone is 4. The van der Waals surface area contributed by atoms with Gasteiger partial charge in [-0.1, -0.05) is 52.0 Å². The van der Waals surface area contributed by atoms with Gasteiger partial charge in [-0.05, 0) is 0 Å². The Morgan fingerprint density at radius 2 is 0.700 bits per heavy atom.